The van der Waals surface area contributed by atoms with Crippen LogP contribution in [-0.2, 0) is 23.7 Å². The summed E-state index contributed by atoms with van der Waals surface area (Å²) in [5.74, 6) is 0. The van der Waals surface area contributed by atoms with Crippen LogP contribution >= 0.6 is 0 Å². The molecule has 108 valence electrons. The maximum atomic E-state index is 9.92. The molecular formula is C13H26O5. The zero-order valence-electron chi connectivity index (χ0n) is 11.6. The smallest absolute Gasteiger partial charge is 0.293 e. The molecule has 0 atom stereocenters. The van der Waals surface area contributed by atoms with Crippen molar-refractivity contribution in [1.82, 2.24) is 0 Å². The third kappa shape index (κ3) is 11.8. The van der Waals surface area contributed by atoms with E-state index in [9.17, 15) is 4.79 Å². The van der Waals surface area contributed by atoms with Crippen LogP contribution in [0.5, 0.6) is 0 Å². The predicted octanol–water partition coefficient (Wildman–Crippen LogP) is 2.14. The highest BCUT2D eigenvalue weighted by Gasteiger charge is 2.09. The van der Waals surface area contributed by atoms with Crippen molar-refractivity contribution in [2.75, 3.05) is 33.0 Å². The summed E-state index contributed by atoms with van der Waals surface area (Å²) in [6.45, 7) is 7.01. The van der Waals surface area contributed by atoms with Gasteiger partial charge in [0.2, 0.25) is 0 Å². The van der Waals surface area contributed by atoms with Crippen molar-refractivity contribution in [2.24, 2.45) is 0 Å². The minimum Gasteiger partial charge on any atom is -0.465 e. The first-order valence-electron chi connectivity index (χ1n) is 6.71. The van der Waals surface area contributed by atoms with Crippen molar-refractivity contribution in [1.29, 1.82) is 0 Å². The molecule has 5 heteroatoms. The molecule has 0 amide bonds. The number of rotatable bonds is 14. The fraction of sp³-hybridized carbons (Fsp3) is 0.923. The van der Waals surface area contributed by atoms with E-state index in [-0.39, 0.29) is 12.9 Å². The zero-order chi connectivity index (χ0) is 13.5. The van der Waals surface area contributed by atoms with E-state index in [0.29, 0.717) is 32.9 Å². The number of hydrogen-bond acceptors (Lipinski definition) is 5. The molecule has 0 N–H and O–H groups in total. The average molecular weight is 262 g/mol. The molecule has 0 spiro atoms. The molecule has 0 aliphatic rings. The van der Waals surface area contributed by atoms with Gasteiger partial charge >= 0.3 is 0 Å². The summed E-state index contributed by atoms with van der Waals surface area (Å²) in [5, 5.41) is 0. The molecule has 0 radical (unpaired) electrons. The summed E-state index contributed by atoms with van der Waals surface area (Å²) < 4.78 is 21.0. The largest absolute Gasteiger partial charge is 0.465 e. The van der Waals surface area contributed by atoms with E-state index in [1.807, 2.05) is 0 Å². The quantitative estimate of drug-likeness (QED) is 0.273. The molecule has 0 aliphatic carbocycles. The van der Waals surface area contributed by atoms with Crippen molar-refractivity contribution in [2.45, 2.75) is 45.8 Å². The Kier molecular flexibility index (Phi) is 13.9. The van der Waals surface area contributed by atoms with E-state index in [2.05, 4.69) is 18.6 Å². The van der Waals surface area contributed by atoms with E-state index >= 15 is 0 Å². The highest BCUT2D eigenvalue weighted by molar-refractivity contribution is 5.36. The van der Waals surface area contributed by atoms with E-state index in [4.69, 9.17) is 14.2 Å². The standard InChI is InChI=1S/C13H26O5/c1-3-5-7-17-13(18-8-6-4-2)11-15-9-10-16-12-14/h12-13H,3-11H2,1-2H3. The second-order valence-corrected chi connectivity index (χ2v) is 3.92. The Labute approximate surface area is 110 Å². The lowest BCUT2D eigenvalue weighted by molar-refractivity contribution is -0.175. The Morgan fingerprint density at radius 2 is 1.56 bits per heavy atom. The minimum atomic E-state index is -0.320. The molecule has 0 rings (SSSR count). The molecule has 0 unspecified atom stereocenters. The number of ether oxygens (including phenoxy) is 4. The van der Waals surface area contributed by atoms with Gasteiger partial charge in [-0.2, -0.15) is 0 Å². The summed E-state index contributed by atoms with van der Waals surface area (Å²) >= 11 is 0. The van der Waals surface area contributed by atoms with Crippen molar-refractivity contribution in [3.05, 3.63) is 0 Å². The fourth-order valence-corrected chi connectivity index (χ4v) is 1.20. The Bertz CT molecular complexity index is 165. The van der Waals surface area contributed by atoms with Gasteiger partial charge in [-0.15, -0.1) is 0 Å². The Morgan fingerprint density at radius 3 is 2.06 bits per heavy atom. The Hall–Kier alpha value is -0.650. The molecule has 0 saturated carbocycles. The summed E-state index contributed by atoms with van der Waals surface area (Å²) in [4.78, 5) is 9.92. The van der Waals surface area contributed by atoms with Gasteiger partial charge in [-0.25, -0.2) is 0 Å². The molecule has 0 aliphatic heterocycles. The van der Waals surface area contributed by atoms with Crippen LogP contribution < -0.4 is 0 Å². The molecule has 0 aromatic carbocycles. The van der Waals surface area contributed by atoms with Crippen LogP contribution in [0.1, 0.15) is 39.5 Å². The number of carbonyl (C=O) groups is 1. The van der Waals surface area contributed by atoms with Crippen LogP contribution in [0.15, 0.2) is 0 Å². The van der Waals surface area contributed by atoms with Gasteiger partial charge in [0, 0.05) is 13.2 Å². The third-order valence-electron chi connectivity index (χ3n) is 2.27. The van der Waals surface area contributed by atoms with E-state index in [1.165, 1.54) is 0 Å². The summed E-state index contributed by atoms with van der Waals surface area (Å²) in [7, 11) is 0. The number of unbranched alkanes of at least 4 members (excludes halogenated alkanes) is 2. The van der Waals surface area contributed by atoms with Crippen LogP contribution in [0.2, 0.25) is 0 Å². The molecule has 0 aromatic heterocycles. The maximum absolute atomic E-state index is 9.92. The monoisotopic (exact) mass is 262 g/mol. The second kappa shape index (κ2) is 14.4. The first-order valence-corrected chi connectivity index (χ1v) is 6.71. The molecule has 5 nitrogen and oxygen atoms in total. The van der Waals surface area contributed by atoms with Crippen molar-refractivity contribution >= 4 is 6.47 Å². The van der Waals surface area contributed by atoms with Crippen molar-refractivity contribution in [3.63, 3.8) is 0 Å². The van der Waals surface area contributed by atoms with Gasteiger partial charge < -0.3 is 18.9 Å². The fourth-order valence-electron chi connectivity index (χ4n) is 1.20. The minimum absolute atomic E-state index is 0.264. The van der Waals surface area contributed by atoms with Crippen molar-refractivity contribution < 1.29 is 23.7 Å². The van der Waals surface area contributed by atoms with Crippen LogP contribution in [0.25, 0.3) is 0 Å². The molecular weight excluding hydrogens is 236 g/mol. The molecule has 18 heavy (non-hydrogen) atoms. The summed E-state index contributed by atoms with van der Waals surface area (Å²) in [6, 6.07) is 0. The first kappa shape index (κ1) is 17.4. The van der Waals surface area contributed by atoms with Gasteiger partial charge in [-0.3, -0.25) is 4.79 Å². The Balaban J connectivity index is 3.62. The lowest BCUT2D eigenvalue weighted by Gasteiger charge is -2.18. The zero-order valence-corrected chi connectivity index (χ0v) is 11.6. The van der Waals surface area contributed by atoms with Crippen LogP contribution in [0, 0.1) is 0 Å². The lowest BCUT2D eigenvalue weighted by atomic mass is 10.3. The molecule has 0 heterocycles. The topological polar surface area (TPSA) is 54.0 Å². The van der Waals surface area contributed by atoms with Gasteiger partial charge in [-0.1, -0.05) is 26.7 Å². The van der Waals surface area contributed by atoms with Gasteiger partial charge in [0.25, 0.3) is 6.47 Å². The molecule has 0 bridgehead atoms. The second-order valence-electron chi connectivity index (χ2n) is 3.92. The normalized spacial score (nSPS) is 10.8. The van der Waals surface area contributed by atoms with Crippen LogP contribution in [0.3, 0.4) is 0 Å². The summed E-state index contributed by atoms with van der Waals surface area (Å²) in [6.07, 6.45) is 3.90. The third-order valence-corrected chi connectivity index (χ3v) is 2.27. The van der Waals surface area contributed by atoms with E-state index < -0.39 is 0 Å². The number of carbonyl (C=O) groups excluding carboxylic acids is 1. The van der Waals surface area contributed by atoms with E-state index in [0.717, 1.165) is 25.7 Å². The predicted molar refractivity (Wildman–Crippen MR) is 68.3 cm³/mol. The Morgan fingerprint density at radius 1 is 0.944 bits per heavy atom. The van der Waals surface area contributed by atoms with Gasteiger partial charge in [0.05, 0.1) is 13.2 Å². The van der Waals surface area contributed by atoms with Gasteiger partial charge in [0.1, 0.15) is 6.61 Å². The SMILES string of the molecule is CCCCOC(COCCOC=O)OCCCC. The lowest BCUT2D eigenvalue weighted by Crippen LogP contribution is -2.25. The highest BCUT2D eigenvalue weighted by Crippen LogP contribution is 2.01. The van der Waals surface area contributed by atoms with Gasteiger partial charge in [-0.05, 0) is 12.8 Å². The highest BCUT2D eigenvalue weighted by atomic mass is 16.7. The average Bonchev–Trinajstić information content (AvgIpc) is 2.38. The van der Waals surface area contributed by atoms with Crippen LogP contribution in [0.4, 0.5) is 0 Å². The molecule has 0 aromatic rings. The number of hydrogen-bond donors (Lipinski definition) is 0. The van der Waals surface area contributed by atoms with Crippen molar-refractivity contribution in [3.8, 4) is 0 Å². The van der Waals surface area contributed by atoms with Crippen LogP contribution in [-0.4, -0.2) is 45.8 Å². The maximum Gasteiger partial charge on any atom is 0.293 e. The molecule has 0 fully saturated rings. The molecule has 0 saturated heterocycles. The van der Waals surface area contributed by atoms with E-state index in [1.54, 1.807) is 0 Å². The summed E-state index contributed by atoms with van der Waals surface area (Å²) in [5.41, 5.74) is 0. The first-order chi connectivity index (χ1) is 8.85. The van der Waals surface area contributed by atoms with Gasteiger partial charge in [0.15, 0.2) is 6.29 Å².